The van der Waals surface area contributed by atoms with E-state index in [0.29, 0.717) is 62.3 Å². The number of piperidine rings is 2. The lowest BCUT2D eigenvalue weighted by molar-refractivity contribution is -0.120. The summed E-state index contributed by atoms with van der Waals surface area (Å²) in [5.74, 6) is 0.467. The molecule has 2 saturated heterocycles. The molecule has 51 heavy (non-hydrogen) atoms. The number of aromatic nitrogens is 3. The van der Waals surface area contributed by atoms with Crippen LogP contribution < -0.4 is 48.1 Å². The molecule has 5 atom stereocenters. The SMILES string of the molecule is CCCCCC(CC)C(=O)Nc1ccc(S(=O)(=O)Nc2ccc(Nc3nc(N4C[C@H](N)C[C@H](N)C4)nc(N4C[C@H](N)C[C@H](N)C4)n3)cc2O)cc1. The van der Waals surface area contributed by atoms with Crippen LogP contribution in [0.4, 0.5) is 34.9 Å². The molecule has 3 heterocycles. The van der Waals surface area contributed by atoms with E-state index in [2.05, 4.69) is 32.2 Å². The minimum atomic E-state index is -4.07. The molecule has 5 rings (SSSR count). The number of nitrogens with two attached hydrogens (primary N) is 4. The maximum absolute atomic E-state index is 13.2. The molecular formula is C34H52N12O4S. The Balaban J connectivity index is 1.29. The average Bonchev–Trinajstić information content (AvgIpc) is 3.07. The fourth-order valence-electron chi connectivity index (χ4n) is 6.53. The van der Waals surface area contributed by atoms with Gasteiger partial charge < -0.3 is 48.5 Å². The summed E-state index contributed by atoms with van der Waals surface area (Å²) >= 11 is 0. The van der Waals surface area contributed by atoms with Crippen LogP contribution in [0.3, 0.4) is 0 Å². The van der Waals surface area contributed by atoms with Gasteiger partial charge in [-0.2, -0.15) is 15.0 Å². The quantitative estimate of drug-likeness (QED) is 0.0878. The molecule has 2 fully saturated rings. The van der Waals surface area contributed by atoms with E-state index in [1.165, 1.54) is 24.3 Å². The number of aromatic hydroxyl groups is 1. The number of amides is 1. The largest absolute Gasteiger partial charge is 0.506 e. The number of hydrogen-bond acceptors (Lipinski definition) is 14. The molecular weight excluding hydrogens is 673 g/mol. The van der Waals surface area contributed by atoms with Crippen LogP contribution in [0.5, 0.6) is 5.75 Å². The van der Waals surface area contributed by atoms with Gasteiger partial charge in [0, 0.05) is 73.7 Å². The molecule has 0 radical (unpaired) electrons. The topological polar surface area (TPSA) is 257 Å². The Morgan fingerprint density at radius 3 is 1.90 bits per heavy atom. The Hall–Kier alpha value is -4.29. The van der Waals surface area contributed by atoms with E-state index in [4.69, 9.17) is 27.9 Å². The van der Waals surface area contributed by atoms with Crippen molar-refractivity contribution >= 4 is 50.8 Å². The van der Waals surface area contributed by atoms with Gasteiger partial charge >= 0.3 is 0 Å². The highest BCUT2D eigenvalue weighted by molar-refractivity contribution is 7.92. The highest BCUT2D eigenvalue weighted by atomic mass is 32.2. The first-order valence-corrected chi connectivity index (χ1v) is 19.1. The minimum absolute atomic E-state index is 0.0274. The number of phenols is 1. The van der Waals surface area contributed by atoms with Gasteiger partial charge in [-0.15, -0.1) is 0 Å². The molecule has 1 unspecified atom stereocenters. The second kappa shape index (κ2) is 16.8. The highest BCUT2D eigenvalue weighted by Gasteiger charge is 2.29. The van der Waals surface area contributed by atoms with Crippen LogP contribution in [-0.4, -0.2) is 84.7 Å². The lowest BCUT2D eigenvalue weighted by Crippen LogP contribution is -2.54. The predicted octanol–water partition coefficient (Wildman–Crippen LogP) is 2.40. The van der Waals surface area contributed by atoms with Gasteiger partial charge in [-0.1, -0.05) is 33.1 Å². The van der Waals surface area contributed by atoms with Crippen molar-refractivity contribution in [1.82, 2.24) is 15.0 Å². The summed E-state index contributed by atoms with van der Waals surface area (Å²) in [5.41, 5.74) is 25.9. The molecule has 16 nitrogen and oxygen atoms in total. The Kier molecular flexibility index (Phi) is 12.5. The Morgan fingerprint density at radius 2 is 1.39 bits per heavy atom. The predicted molar refractivity (Wildman–Crippen MR) is 201 cm³/mol. The first-order valence-electron chi connectivity index (χ1n) is 17.7. The maximum atomic E-state index is 13.2. The van der Waals surface area contributed by atoms with Gasteiger partial charge in [-0.3, -0.25) is 9.52 Å². The van der Waals surface area contributed by atoms with E-state index < -0.39 is 10.0 Å². The van der Waals surface area contributed by atoms with Gasteiger partial charge in [0.05, 0.1) is 10.6 Å². The summed E-state index contributed by atoms with van der Waals surface area (Å²) < 4.78 is 28.9. The lowest BCUT2D eigenvalue weighted by atomic mass is 9.97. The zero-order valence-electron chi connectivity index (χ0n) is 29.3. The Labute approximate surface area is 299 Å². The van der Waals surface area contributed by atoms with Gasteiger partial charge in [0.1, 0.15) is 5.75 Å². The van der Waals surface area contributed by atoms with E-state index >= 15 is 0 Å². The molecule has 0 saturated carbocycles. The molecule has 0 bridgehead atoms. The van der Waals surface area contributed by atoms with E-state index in [1.54, 1.807) is 18.2 Å². The zero-order chi connectivity index (χ0) is 36.7. The molecule has 278 valence electrons. The maximum Gasteiger partial charge on any atom is 0.262 e. The van der Waals surface area contributed by atoms with Gasteiger partial charge in [-0.05, 0) is 62.1 Å². The number of sulfonamides is 1. The molecule has 17 heteroatoms. The number of rotatable bonds is 14. The number of phenolic OH excluding ortho intramolecular Hbond substituents is 1. The number of anilines is 6. The van der Waals surface area contributed by atoms with Crippen molar-refractivity contribution in [1.29, 1.82) is 0 Å². The van der Waals surface area contributed by atoms with Crippen LogP contribution in [0.1, 0.15) is 58.8 Å². The summed E-state index contributed by atoms with van der Waals surface area (Å²) in [6, 6.07) is 9.71. The minimum Gasteiger partial charge on any atom is -0.506 e. The van der Waals surface area contributed by atoms with Crippen molar-refractivity contribution in [3.8, 4) is 5.75 Å². The number of benzene rings is 2. The van der Waals surface area contributed by atoms with Crippen molar-refractivity contribution in [3.05, 3.63) is 42.5 Å². The van der Waals surface area contributed by atoms with Crippen molar-refractivity contribution in [3.63, 3.8) is 0 Å². The molecule has 3 aromatic rings. The van der Waals surface area contributed by atoms with E-state index in [0.717, 1.165) is 32.1 Å². The number of carbonyl (C=O) groups is 1. The third kappa shape index (κ3) is 10.2. The molecule has 2 aromatic carbocycles. The molecule has 12 N–H and O–H groups in total. The number of nitrogens with one attached hydrogen (secondary N) is 3. The molecule has 1 aromatic heterocycles. The molecule has 2 aliphatic heterocycles. The molecule has 2 aliphatic rings. The zero-order valence-corrected chi connectivity index (χ0v) is 30.1. The van der Waals surface area contributed by atoms with Crippen molar-refractivity contribution in [2.75, 3.05) is 51.3 Å². The standard InChI is InChI=1S/C34H52N12O4S/c1-3-5-6-7-21(4-2)31(48)39-26-8-11-28(12-9-26)51(49,50)44-29-13-10-27(16-30(29)47)40-32-41-33(45-17-22(35)14-23(36)18-45)43-34(42-32)46-19-24(37)15-25(38)20-46/h8-13,16,21-25,44,47H,3-7,14-15,17-20,35-38H2,1-2H3,(H,39,48)(H,40,41,42,43)/t21?,22-,23+,24-,25+. The third-order valence-electron chi connectivity index (χ3n) is 9.16. The second-order valence-corrected chi connectivity index (χ2v) is 15.3. The van der Waals surface area contributed by atoms with Crippen molar-refractivity contribution < 1.29 is 18.3 Å². The lowest BCUT2D eigenvalue weighted by Gasteiger charge is -2.37. The number of nitrogens with zero attached hydrogens (tertiary/aromatic N) is 5. The third-order valence-corrected chi connectivity index (χ3v) is 10.5. The highest BCUT2D eigenvalue weighted by Crippen LogP contribution is 2.31. The summed E-state index contributed by atoms with van der Waals surface area (Å²) in [6.07, 6.45) is 6.07. The first-order chi connectivity index (χ1) is 24.3. The molecule has 0 aliphatic carbocycles. The fraction of sp³-hybridized carbons (Fsp3) is 0.529. The van der Waals surface area contributed by atoms with Gasteiger partial charge in [0.25, 0.3) is 10.0 Å². The van der Waals surface area contributed by atoms with E-state index in [9.17, 15) is 18.3 Å². The summed E-state index contributed by atoms with van der Waals surface area (Å²) in [6.45, 7) is 6.17. The van der Waals surface area contributed by atoms with Crippen LogP contribution >= 0.6 is 0 Å². The van der Waals surface area contributed by atoms with Gasteiger partial charge in [0.15, 0.2) is 0 Å². The summed E-state index contributed by atoms with van der Waals surface area (Å²) in [4.78, 5) is 30.6. The Morgan fingerprint density at radius 1 is 0.843 bits per heavy atom. The van der Waals surface area contributed by atoms with Crippen molar-refractivity contribution in [2.24, 2.45) is 28.9 Å². The molecule has 1 amide bonds. The van der Waals surface area contributed by atoms with E-state index in [-0.39, 0.29) is 58.3 Å². The smallest absolute Gasteiger partial charge is 0.262 e. The normalized spacial score (nSPS) is 21.6. The second-order valence-electron chi connectivity index (χ2n) is 13.7. The van der Waals surface area contributed by atoms with E-state index in [1.807, 2.05) is 16.7 Å². The van der Waals surface area contributed by atoms with Crippen LogP contribution in [0.25, 0.3) is 0 Å². The fourth-order valence-corrected chi connectivity index (χ4v) is 7.60. The van der Waals surface area contributed by atoms with Crippen LogP contribution in [0, 0.1) is 5.92 Å². The number of hydrogen-bond donors (Lipinski definition) is 8. The van der Waals surface area contributed by atoms with Gasteiger partial charge in [-0.25, -0.2) is 8.42 Å². The molecule has 0 spiro atoms. The summed E-state index contributed by atoms with van der Waals surface area (Å²) in [7, 11) is -4.07. The van der Waals surface area contributed by atoms with Crippen molar-refractivity contribution in [2.45, 2.75) is 87.9 Å². The Bertz CT molecular complexity index is 1680. The van der Waals surface area contributed by atoms with Gasteiger partial charge in [0.2, 0.25) is 23.8 Å². The van der Waals surface area contributed by atoms with Crippen LogP contribution in [0.15, 0.2) is 47.4 Å². The monoisotopic (exact) mass is 724 g/mol. The first kappa shape index (κ1) is 38.0. The number of unbranched alkanes of at least 4 members (excludes halogenated alkanes) is 2. The average molecular weight is 725 g/mol. The summed E-state index contributed by atoms with van der Waals surface area (Å²) in [5, 5.41) is 16.9. The van der Waals surface area contributed by atoms with Crippen LogP contribution in [0.2, 0.25) is 0 Å². The van der Waals surface area contributed by atoms with Crippen LogP contribution in [-0.2, 0) is 14.8 Å². The number of carbonyl (C=O) groups excluding carboxylic acids is 1.